The van der Waals surface area contributed by atoms with Crippen molar-refractivity contribution in [1.29, 1.82) is 0 Å². The van der Waals surface area contributed by atoms with Crippen molar-refractivity contribution in [2.75, 3.05) is 13.1 Å². The summed E-state index contributed by atoms with van der Waals surface area (Å²) in [4.78, 5) is 24.3. The van der Waals surface area contributed by atoms with Gasteiger partial charge in [-0.25, -0.2) is 4.98 Å². The lowest BCUT2D eigenvalue weighted by Crippen LogP contribution is -2.34. The van der Waals surface area contributed by atoms with Crippen molar-refractivity contribution >= 4 is 11.6 Å². The van der Waals surface area contributed by atoms with E-state index in [1.807, 2.05) is 36.2 Å². The van der Waals surface area contributed by atoms with Gasteiger partial charge in [-0.1, -0.05) is 18.2 Å². The van der Waals surface area contributed by atoms with Gasteiger partial charge in [0, 0.05) is 37.2 Å². The predicted octanol–water partition coefficient (Wildman–Crippen LogP) is 4.96. The van der Waals surface area contributed by atoms with Gasteiger partial charge in [-0.15, -0.1) is 0 Å². The second-order valence-electron chi connectivity index (χ2n) is 8.35. The maximum atomic E-state index is 13.4. The number of benzene rings is 1. The van der Waals surface area contributed by atoms with E-state index in [9.17, 15) is 4.79 Å². The standard InChI is InChI=1S/C27H30N4O/c1-5-30(16-12-22-10-13-28-14-11-22)25(32)18-24-26(23-9-8-19(2)21(4)17-23)29-27-20(3)7-6-15-31(24)27/h6-11,13-15,17H,5,12,16,18H2,1-4H3. The summed E-state index contributed by atoms with van der Waals surface area (Å²) < 4.78 is 2.08. The Morgan fingerprint density at radius 3 is 2.50 bits per heavy atom. The smallest absolute Gasteiger partial charge is 0.228 e. The van der Waals surface area contributed by atoms with Crippen molar-refractivity contribution < 1.29 is 4.79 Å². The summed E-state index contributed by atoms with van der Waals surface area (Å²) in [5.41, 5.74) is 8.55. The summed E-state index contributed by atoms with van der Waals surface area (Å²) in [6, 6.07) is 14.5. The highest BCUT2D eigenvalue weighted by molar-refractivity contribution is 5.82. The van der Waals surface area contributed by atoms with Crippen molar-refractivity contribution in [3.8, 4) is 11.3 Å². The number of aromatic nitrogens is 3. The average Bonchev–Trinajstić information content (AvgIpc) is 3.16. The highest BCUT2D eigenvalue weighted by atomic mass is 16.2. The molecule has 0 bridgehead atoms. The Bertz CT molecular complexity index is 1240. The molecular weight excluding hydrogens is 396 g/mol. The van der Waals surface area contributed by atoms with Crippen LogP contribution in [0, 0.1) is 20.8 Å². The van der Waals surface area contributed by atoms with E-state index in [4.69, 9.17) is 4.98 Å². The third-order valence-corrected chi connectivity index (χ3v) is 6.20. The molecule has 4 aromatic rings. The van der Waals surface area contributed by atoms with Gasteiger partial charge in [0.05, 0.1) is 17.8 Å². The van der Waals surface area contributed by atoms with Crippen LogP contribution in [-0.2, 0) is 17.6 Å². The Labute approximate surface area is 189 Å². The minimum absolute atomic E-state index is 0.120. The van der Waals surface area contributed by atoms with Crippen LogP contribution >= 0.6 is 0 Å². The molecule has 0 fully saturated rings. The molecule has 0 aliphatic heterocycles. The molecule has 0 saturated carbocycles. The van der Waals surface area contributed by atoms with E-state index in [-0.39, 0.29) is 5.91 Å². The highest BCUT2D eigenvalue weighted by Crippen LogP contribution is 2.28. The number of aryl methyl sites for hydroxylation is 3. The fraction of sp³-hybridized carbons (Fsp3) is 0.296. The largest absolute Gasteiger partial charge is 0.342 e. The number of nitrogens with zero attached hydrogens (tertiary/aromatic N) is 4. The Kier molecular flexibility index (Phi) is 6.35. The van der Waals surface area contributed by atoms with Crippen molar-refractivity contribution in [1.82, 2.24) is 19.3 Å². The number of carbonyl (C=O) groups is 1. The highest BCUT2D eigenvalue weighted by Gasteiger charge is 2.21. The van der Waals surface area contributed by atoms with Crippen LogP contribution in [0.4, 0.5) is 0 Å². The molecule has 0 aliphatic carbocycles. The molecule has 1 aromatic carbocycles. The van der Waals surface area contributed by atoms with Gasteiger partial charge in [0.2, 0.25) is 5.91 Å². The van der Waals surface area contributed by atoms with Crippen molar-refractivity contribution in [3.63, 3.8) is 0 Å². The predicted molar refractivity (Wildman–Crippen MR) is 129 cm³/mol. The molecule has 0 atom stereocenters. The number of likely N-dealkylation sites (N-methyl/N-ethyl adjacent to an activating group) is 1. The summed E-state index contributed by atoms with van der Waals surface area (Å²) >= 11 is 0. The molecule has 0 aliphatic rings. The lowest BCUT2D eigenvalue weighted by molar-refractivity contribution is -0.130. The summed E-state index contributed by atoms with van der Waals surface area (Å²) in [6.45, 7) is 9.69. The molecule has 0 radical (unpaired) electrons. The zero-order valence-corrected chi connectivity index (χ0v) is 19.3. The lowest BCUT2D eigenvalue weighted by atomic mass is 10.0. The van der Waals surface area contributed by atoms with E-state index in [2.05, 4.69) is 54.4 Å². The first-order valence-electron chi connectivity index (χ1n) is 11.2. The third-order valence-electron chi connectivity index (χ3n) is 6.20. The maximum absolute atomic E-state index is 13.4. The number of rotatable bonds is 7. The Hall–Kier alpha value is -3.47. The summed E-state index contributed by atoms with van der Waals surface area (Å²) in [6.07, 6.45) is 6.74. The Morgan fingerprint density at radius 1 is 1.00 bits per heavy atom. The van der Waals surface area contributed by atoms with E-state index >= 15 is 0 Å². The molecule has 3 aromatic heterocycles. The number of amides is 1. The van der Waals surface area contributed by atoms with Crippen molar-refractivity contribution in [3.05, 3.63) is 89.0 Å². The monoisotopic (exact) mass is 426 g/mol. The number of pyridine rings is 2. The minimum Gasteiger partial charge on any atom is -0.342 e. The van der Waals surface area contributed by atoms with Gasteiger partial charge >= 0.3 is 0 Å². The number of fused-ring (bicyclic) bond motifs is 1. The molecule has 4 rings (SSSR count). The molecule has 0 N–H and O–H groups in total. The quantitative estimate of drug-likeness (QED) is 0.420. The second kappa shape index (κ2) is 9.35. The topological polar surface area (TPSA) is 50.5 Å². The van der Waals surface area contributed by atoms with Crippen molar-refractivity contribution in [2.45, 2.75) is 40.5 Å². The maximum Gasteiger partial charge on any atom is 0.228 e. The van der Waals surface area contributed by atoms with E-state index in [1.165, 1.54) is 16.7 Å². The zero-order chi connectivity index (χ0) is 22.7. The van der Waals surface area contributed by atoms with E-state index in [0.717, 1.165) is 34.6 Å². The summed E-state index contributed by atoms with van der Waals surface area (Å²) in [7, 11) is 0. The second-order valence-corrected chi connectivity index (χ2v) is 8.35. The van der Waals surface area contributed by atoms with Gasteiger partial charge in [0.15, 0.2) is 0 Å². The molecule has 32 heavy (non-hydrogen) atoms. The molecule has 5 heteroatoms. The van der Waals surface area contributed by atoms with Crippen LogP contribution in [0.25, 0.3) is 16.9 Å². The lowest BCUT2D eigenvalue weighted by Gasteiger charge is -2.21. The van der Waals surface area contributed by atoms with Crippen LogP contribution in [0.3, 0.4) is 0 Å². The summed E-state index contributed by atoms with van der Waals surface area (Å²) in [5, 5.41) is 0. The van der Waals surface area contributed by atoms with E-state index in [1.54, 1.807) is 12.4 Å². The average molecular weight is 427 g/mol. The van der Waals surface area contributed by atoms with E-state index < -0.39 is 0 Å². The van der Waals surface area contributed by atoms with Gasteiger partial charge in [0.1, 0.15) is 5.65 Å². The van der Waals surface area contributed by atoms with Gasteiger partial charge in [-0.2, -0.15) is 0 Å². The van der Waals surface area contributed by atoms with Gasteiger partial charge < -0.3 is 9.30 Å². The minimum atomic E-state index is 0.120. The first-order chi connectivity index (χ1) is 15.5. The molecule has 3 heterocycles. The molecule has 1 amide bonds. The van der Waals surface area contributed by atoms with E-state index in [0.29, 0.717) is 19.5 Å². The third kappa shape index (κ3) is 4.42. The first-order valence-corrected chi connectivity index (χ1v) is 11.2. The number of carbonyl (C=O) groups excluding carboxylic acids is 1. The molecular formula is C27H30N4O. The molecule has 5 nitrogen and oxygen atoms in total. The van der Waals surface area contributed by atoms with Gasteiger partial charge in [-0.05, 0) is 80.6 Å². The fourth-order valence-corrected chi connectivity index (χ4v) is 4.07. The van der Waals surface area contributed by atoms with Crippen LogP contribution in [0.1, 0.15) is 34.9 Å². The number of imidazole rings is 1. The van der Waals surface area contributed by atoms with Gasteiger partial charge in [0.25, 0.3) is 0 Å². The fourth-order valence-electron chi connectivity index (χ4n) is 4.07. The number of hydrogen-bond donors (Lipinski definition) is 0. The zero-order valence-electron chi connectivity index (χ0n) is 19.3. The molecule has 0 saturated heterocycles. The van der Waals surface area contributed by atoms with Crippen LogP contribution in [0.2, 0.25) is 0 Å². The van der Waals surface area contributed by atoms with Gasteiger partial charge in [-0.3, -0.25) is 9.78 Å². The Morgan fingerprint density at radius 2 is 1.78 bits per heavy atom. The number of hydrogen-bond acceptors (Lipinski definition) is 3. The first kappa shape index (κ1) is 21.8. The van der Waals surface area contributed by atoms with Crippen LogP contribution in [0.15, 0.2) is 61.1 Å². The van der Waals surface area contributed by atoms with Crippen LogP contribution < -0.4 is 0 Å². The SMILES string of the molecule is CCN(CCc1ccncc1)C(=O)Cc1c(-c2ccc(C)c(C)c2)nc2c(C)cccn12. The van der Waals surface area contributed by atoms with Crippen LogP contribution in [-0.4, -0.2) is 38.3 Å². The normalized spacial score (nSPS) is 11.1. The molecule has 0 unspecified atom stereocenters. The summed E-state index contributed by atoms with van der Waals surface area (Å²) in [5.74, 6) is 0.120. The van der Waals surface area contributed by atoms with Crippen molar-refractivity contribution in [2.24, 2.45) is 0 Å². The van der Waals surface area contributed by atoms with Crippen LogP contribution in [0.5, 0.6) is 0 Å². The molecule has 0 spiro atoms. The Balaban J connectivity index is 1.67. The molecule has 164 valence electrons.